The summed E-state index contributed by atoms with van der Waals surface area (Å²) >= 11 is 0. The lowest BCUT2D eigenvalue weighted by atomic mass is 10.2. The first-order valence-corrected chi connectivity index (χ1v) is 5.33. The number of hydrogen-bond donors (Lipinski definition) is 1. The number of rotatable bonds is 4. The molecule has 0 aromatic carbocycles. The molecule has 0 radical (unpaired) electrons. The van der Waals surface area contributed by atoms with Gasteiger partial charge in [0.15, 0.2) is 0 Å². The Morgan fingerprint density at radius 3 is 2.81 bits per heavy atom. The number of aryl methyl sites for hydroxylation is 1. The molecule has 5 nitrogen and oxygen atoms in total. The van der Waals surface area contributed by atoms with Gasteiger partial charge in [-0.2, -0.15) is 0 Å². The van der Waals surface area contributed by atoms with Crippen LogP contribution in [0.2, 0.25) is 0 Å². The van der Waals surface area contributed by atoms with Crippen LogP contribution < -0.4 is 5.32 Å². The van der Waals surface area contributed by atoms with E-state index < -0.39 is 0 Å². The van der Waals surface area contributed by atoms with Crippen LogP contribution in [-0.2, 0) is 13.6 Å². The normalized spacial score (nSPS) is 11.0. The molecule has 2 aromatic rings. The first-order valence-electron chi connectivity index (χ1n) is 5.33. The molecule has 2 aromatic heterocycles. The lowest BCUT2D eigenvalue weighted by Crippen LogP contribution is -1.98. The minimum absolute atomic E-state index is 0.264. The molecule has 2 heterocycles. The monoisotopic (exact) mass is 220 g/mol. The second-order valence-electron chi connectivity index (χ2n) is 4.14. The fraction of sp³-hybridized carbons (Fsp3) is 0.455. The van der Waals surface area contributed by atoms with Gasteiger partial charge in [0, 0.05) is 31.9 Å². The van der Waals surface area contributed by atoms with Crippen molar-refractivity contribution in [2.45, 2.75) is 26.3 Å². The van der Waals surface area contributed by atoms with Crippen LogP contribution in [0.25, 0.3) is 0 Å². The maximum absolute atomic E-state index is 5.43. The molecular formula is C11H16N4O. The van der Waals surface area contributed by atoms with Crippen molar-refractivity contribution in [1.29, 1.82) is 0 Å². The third kappa shape index (κ3) is 2.42. The molecule has 0 spiro atoms. The van der Waals surface area contributed by atoms with Crippen molar-refractivity contribution in [3.05, 3.63) is 29.9 Å². The van der Waals surface area contributed by atoms with Gasteiger partial charge >= 0.3 is 6.01 Å². The minimum Gasteiger partial charge on any atom is -0.408 e. The zero-order valence-electron chi connectivity index (χ0n) is 9.77. The predicted octanol–water partition coefficient (Wildman–Crippen LogP) is 2.14. The lowest BCUT2D eigenvalue weighted by molar-refractivity contribution is 0.480. The van der Waals surface area contributed by atoms with E-state index in [0.29, 0.717) is 18.5 Å². The molecule has 0 fully saturated rings. The highest BCUT2D eigenvalue weighted by Gasteiger charge is 2.08. The third-order valence-electron chi connectivity index (χ3n) is 2.27. The number of nitrogens with one attached hydrogen (secondary N) is 1. The highest BCUT2D eigenvalue weighted by Crippen LogP contribution is 2.15. The van der Waals surface area contributed by atoms with Crippen molar-refractivity contribution in [3.8, 4) is 0 Å². The Balaban J connectivity index is 1.94. The molecule has 5 heteroatoms. The molecule has 0 saturated carbocycles. The van der Waals surface area contributed by atoms with Crippen LogP contribution in [-0.4, -0.2) is 14.8 Å². The summed E-state index contributed by atoms with van der Waals surface area (Å²) in [6.45, 7) is 4.74. The Hall–Kier alpha value is -1.78. The standard InChI is InChI=1S/C11H16N4O/c1-8(2)10-13-14-11(16-10)12-6-9-4-5-15(3)7-9/h4-5,7-8H,6H2,1-3H3,(H,12,14). The van der Waals surface area contributed by atoms with E-state index in [1.165, 1.54) is 5.56 Å². The summed E-state index contributed by atoms with van der Waals surface area (Å²) in [5.74, 6) is 0.926. The van der Waals surface area contributed by atoms with Gasteiger partial charge in [-0.3, -0.25) is 0 Å². The summed E-state index contributed by atoms with van der Waals surface area (Å²) in [5, 5.41) is 11.0. The number of nitrogens with zero attached hydrogens (tertiary/aromatic N) is 3. The summed E-state index contributed by atoms with van der Waals surface area (Å²) in [4.78, 5) is 0. The van der Waals surface area contributed by atoms with Gasteiger partial charge in [-0.1, -0.05) is 18.9 Å². The Bertz CT molecular complexity index is 458. The van der Waals surface area contributed by atoms with Crippen LogP contribution in [0.3, 0.4) is 0 Å². The Kier molecular flexibility index (Phi) is 2.94. The second kappa shape index (κ2) is 4.38. The van der Waals surface area contributed by atoms with Crippen molar-refractivity contribution in [1.82, 2.24) is 14.8 Å². The van der Waals surface area contributed by atoms with Gasteiger partial charge in [-0.05, 0) is 11.6 Å². The van der Waals surface area contributed by atoms with E-state index in [1.54, 1.807) is 0 Å². The van der Waals surface area contributed by atoms with E-state index >= 15 is 0 Å². The lowest BCUT2D eigenvalue weighted by Gasteiger charge is -1.98. The molecule has 0 atom stereocenters. The molecule has 16 heavy (non-hydrogen) atoms. The molecule has 0 aliphatic rings. The molecule has 0 aliphatic heterocycles. The van der Waals surface area contributed by atoms with Crippen LogP contribution in [0.15, 0.2) is 22.9 Å². The fourth-order valence-corrected chi connectivity index (χ4v) is 1.38. The first kappa shape index (κ1) is 10.7. The number of aromatic nitrogens is 3. The van der Waals surface area contributed by atoms with E-state index in [1.807, 2.05) is 43.9 Å². The van der Waals surface area contributed by atoms with Gasteiger partial charge in [0.25, 0.3) is 0 Å². The Morgan fingerprint density at radius 1 is 1.44 bits per heavy atom. The quantitative estimate of drug-likeness (QED) is 0.857. The molecule has 0 unspecified atom stereocenters. The van der Waals surface area contributed by atoms with E-state index in [-0.39, 0.29) is 5.92 Å². The van der Waals surface area contributed by atoms with Crippen LogP contribution in [0.5, 0.6) is 0 Å². The second-order valence-corrected chi connectivity index (χ2v) is 4.14. The SMILES string of the molecule is CC(C)c1nnc(NCc2ccn(C)c2)o1. The zero-order valence-corrected chi connectivity index (χ0v) is 9.77. The van der Waals surface area contributed by atoms with Gasteiger partial charge in [-0.25, -0.2) is 0 Å². The van der Waals surface area contributed by atoms with Crippen molar-refractivity contribution in [2.75, 3.05) is 5.32 Å². The molecule has 1 N–H and O–H groups in total. The molecule has 0 saturated heterocycles. The average Bonchev–Trinajstić information content (AvgIpc) is 2.83. The average molecular weight is 220 g/mol. The van der Waals surface area contributed by atoms with E-state index in [4.69, 9.17) is 4.42 Å². The molecule has 0 aliphatic carbocycles. The zero-order chi connectivity index (χ0) is 11.5. The van der Waals surface area contributed by atoms with Crippen LogP contribution in [0, 0.1) is 0 Å². The molecule has 0 amide bonds. The summed E-state index contributed by atoms with van der Waals surface area (Å²) in [5.41, 5.74) is 1.19. The maximum atomic E-state index is 5.43. The topological polar surface area (TPSA) is 55.9 Å². The van der Waals surface area contributed by atoms with Crippen LogP contribution in [0.4, 0.5) is 6.01 Å². The van der Waals surface area contributed by atoms with Crippen LogP contribution in [0.1, 0.15) is 31.2 Å². The summed E-state index contributed by atoms with van der Waals surface area (Å²) in [6, 6.07) is 2.53. The third-order valence-corrected chi connectivity index (χ3v) is 2.27. The van der Waals surface area contributed by atoms with E-state index in [2.05, 4.69) is 15.5 Å². The van der Waals surface area contributed by atoms with Gasteiger partial charge in [0.05, 0.1) is 0 Å². The molecular weight excluding hydrogens is 204 g/mol. The first-order chi connectivity index (χ1) is 7.65. The predicted molar refractivity (Wildman–Crippen MR) is 61.1 cm³/mol. The van der Waals surface area contributed by atoms with Crippen molar-refractivity contribution in [3.63, 3.8) is 0 Å². The number of hydrogen-bond acceptors (Lipinski definition) is 4. The fourth-order valence-electron chi connectivity index (χ4n) is 1.38. The van der Waals surface area contributed by atoms with Crippen molar-refractivity contribution in [2.24, 2.45) is 7.05 Å². The van der Waals surface area contributed by atoms with Gasteiger partial charge < -0.3 is 14.3 Å². The summed E-state index contributed by atoms with van der Waals surface area (Å²) in [7, 11) is 1.99. The Morgan fingerprint density at radius 2 is 2.25 bits per heavy atom. The van der Waals surface area contributed by atoms with Crippen LogP contribution >= 0.6 is 0 Å². The summed E-state index contributed by atoms with van der Waals surface area (Å²) in [6.07, 6.45) is 4.05. The minimum atomic E-state index is 0.264. The van der Waals surface area contributed by atoms with Crippen molar-refractivity contribution >= 4 is 6.01 Å². The van der Waals surface area contributed by atoms with Gasteiger partial charge in [-0.15, -0.1) is 5.10 Å². The molecule has 0 bridgehead atoms. The van der Waals surface area contributed by atoms with Gasteiger partial charge in [0.2, 0.25) is 5.89 Å². The number of anilines is 1. The smallest absolute Gasteiger partial charge is 0.315 e. The largest absolute Gasteiger partial charge is 0.408 e. The maximum Gasteiger partial charge on any atom is 0.315 e. The van der Waals surface area contributed by atoms with Gasteiger partial charge in [0.1, 0.15) is 0 Å². The highest BCUT2D eigenvalue weighted by atomic mass is 16.4. The van der Waals surface area contributed by atoms with E-state index in [9.17, 15) is 0 Å². The highest BCUT2D eigenvalue weighted by molar-refractivity contribution is 5.22. The molecule has 2 rings (SSSR count). The summed E-state index contributed by atoms with van der Waals surface area (Å²) < 4.78 is 7.44. The Labute approximate surface area is 94.5 Å². The molecule has 86 valence electrons. The van der Waals surface area contributed by atoms with E-state index in [0.717, 1.165) is 0 Å². The van der Waals surface area contributed by atoms with Crippen molar-refractivity contribution < 1.29 is 4.42 Å².